The summed E-state index contributed by atoms with van der Waals surface area (Å²) in [5.41, 5.74) is 0. The van der Waals surface area contributed by atoms with Gasteiger partial charge < -0.3 is 23.7 Å². The first-order valence-corrected chi connectivity index (χ1v) is 25.9. The van der Waals surface area contributed by atoms with Crippen molar-refractivity contribution in [2.45, 2.75) is 195 Å². The van der Waals surface area contributed by atoms with Gasteiger partial charge in [0.15, 0.2) is 10.5 Å². The van der Waals surface area contributed by atoms with Gasteiger partial charge in [-0.1, -0.05) is 132 Å². The van der Waals surface area contributed by atoms with Gasteiger partial charge in [0, 0.05) is 13.2 Å². The summed E-state index contributed by atoms with van der Waals surface area (Å²) >= 11 is 0. The second kappa shape index (κ2) is 48.7. The fraction of sp³-hybridized carbons (Fsp3) is 0.909. The molecule has 64 heavy (non-hydrogen) atoms. The third kappa shape index (κ3) is 42.7. The van der Waals surface area contributed by atoms with Crippen LogP contribution in [0.15, 0.2) is 0 Å². The molecule has 0 rings (SSSR count). The Hall–Kier alpha value is 0.660. The molecule has 0 aliphatic rings. The molecule has 0 aromatic rings. The molecule has 20 heteroatoms. The van der Waals surface area contributed by atoms with Crippen LogP contribution in [-0.4, -0.2) is 189 Å². The van der Waals surface area contributed by atoms with E-state index in [9.17, 15) is 45.1 Å². The van der Waals surface area contributed by atoms with Crippen LogP contribution in [0.5, 0.6) is 0 Å². The van der Waals surface area contributed by atoms with E-state index >= 15 is 0 Å². The average Bonchev–Trinajstić information content (AvgIpc) is 3.21. The molecule has 6 unspecified atom stereocenters. The number of unbranched alkanes of at least 4 members (excludes halogenated alkanes) is 4. The Morgan fingerprint density at radius 1 is 0.422 bits per heavy atom. The van der Waals surface area contributed by atoms with Crippen molar-refractivity contribution in [3.05, 3.63) is 0 Å². The van der Waals surface area contributed by atoms with Crippen molar-refractivity contribution < 1.29 is 68.8 Å². The molecule has 0 amide bonds. The van der Waals surface area contributed by atoms with Crippen molar-refractivity contribution >= 4 is 133 Å². The molecule has 0 bridgehead atoms. The molecule has 0 aliphatic heterocycles. The minimum absolute atomic E-state index is 0. The predicted octanol–water partition coefficient (Wildman–Crippen LogP) is 7.40. The molecule has 0 aliphatic carbocycles. The zero-order valence-corrected chi connectivity index (χ0v) is 41.1. The number of esters is 4. The first-order valence-electron chi connectivity index (χ1n) is 22.9. The van der Waals surface area contributed by atoms with Gasteiger partial charge in [0.1, 0.15) is 0 Å². The van der Waals surface area contributed by atoms with Gasteiger partial charge in [0.25, 0.3) is 20.2 Å². The minimum atomic E-state index is -4.76. The van der Waals surface area contributed by atoms with E-state index < -0.39 is 67.5 Å². The van der Waals surface area contributed by atoms with Crippen molar-refractivity contribution in [1.82, 2.24) is 0 Å². The molecule has 2 N–H and O–H groups in total. The van der Waals surface area contributed by atoms with Crippen LogP contribution in [0.1, 0.15) is 185 Å². The van der Waals surface area contributed by atoms with Crippen molar-refractivity contribution in [1.29, 1.82) is 0 Å². The second-order valence-corrected chi connectivity index (χ2v) is 18.7. The van der Waals surface area contributed by atoms with Crippen LogP contribution >= 0.6 is 0 Å². The quantitative estimate of drug-likeness (QED) is 0.0277. The van der Waals surface area contributed by atoms with Crippen molar-refractivity contribution in [2.75, 3.05) is 39.6 Å². The molecule has 0 fully saturated rings. The van der Waals surface area contributed by atoms with Crippen LogP contribution < -0.4 is 0 Å². The first kappa shape index (κ1) is 76.2. The van der Waals surface area contributed by atoms with Crippen LogP contribution in [0.3, 0.4) is 0 Å². The second-order valence-electron chi connectivity index (χ2n) is 15.5. The molecule has 0 spiro atoms. The zero-order valence-electron chi connectivity index (χ0n) is 39.5. The van der Waals surface area contributed by atoms with E-state index in [1.54, 1.807) is 0 Å². The zero-order chi connectivity index (χ0) is 47.3. The predicted molar refractivity (Wildman–Crippen MR) is 261 cm³/mol. The van der Waals surface area contributed by atoms with Gasteiger partial charge >= 0.3 is 113 Å². The van der Waals surface area contributed by atoms with E-state index in [1.165, 1.54) is 0 Å². The van der Waals surface area contributed by atoms with Crippen LogP contribution in [0.4, 0.5) is 0 Å². The van der Waals surface area contributed by atoms with Crippen LogP contribution in [-0.2, 0) is 63.1 Å². The number of ether oxygens (including phenoxy) is 5. The monoisotopic (exact) mass is 991 g/mol. The molecule has 0 radical (unpaired) electrons. The van der Waals surface area contributed by atoms with E-state index in [0.717, 1.165) is 116 Å². The third-order valence-corrected chi connectivity index (χ3v) is 12.6. The molecular formula is C44H89Na3O15S2. The van der Waals surface area contributed by atoms with E-state index in [1.807, 2.05) is 41.5 Å². The summed E-state index contributed by atoms with van der Waals surface area (Å²) in [5.74, 6) is -3.21. The maximum absolute atomic E-state index is 12.2. The molecule has 0 heterocycles. The number of carbonyl (C=O) groups is 4. The van der Waals surface area contributed by atoms with Crippen LogP contribution in [0.2, 0.25) is 0 Å². The Morgan fingerprint density at radius 2 is 0.656 bits per heavy atom. The fourth-order valence-corrected chi connectivity index (χ4v) is 7.16. The van der Waals surface area contributed by atoms with Crippen LogP contribution in [0, 0.1) is 23.7 Å². The first-order chi connectivity index (χ1) is 28.8. The molecule has 0 aromatic carbocycles. The van der Waals surface area contributed by atoms with E-state index in [0.29, 0.717) is 0 Å². The average molecular weight is 991 g/mol. The number of carbonyl (C=O) groups excluding carboxylic acids is 4. The van der Waals surface area contributed by atoms with Crippen molar-refractivity contribution in [3.8, 4) is 0 Å². The Kier molecular flexibility index (Phi) is 57.9. The molecular weight excluding hydrogens is 902 g/mol. The van der Waals surface area contributed by atoms with Gasteiger partial charge in [-0.15, -0.1) is 0 Å². The van der Waals surface area contributed by atoms with E-state index in [4.69, 9.17) is 23.7 Å². The van der Waals surface area contributed by atoms with Gasteiger partial charge in [-0.05, 0) is 63.2 Å². The summed E-state index contributed by atoms with van der Waals surface area (Å²) < 4.78 is 90.4. The number of hydrogen-bond donors (Lipinski definition) is 2. The fourth-order valence-electron chi connectivity index (χ4n) is 5.85. The number of rotatable bonds is 34. The van der Waals surface area contributed by atoms with Gasteiger partial charge in [-0.3, -0.25) is 28.3 Å². The molecule has 0 aromatic heterocycles. The summed E-state index contributed by atoms with van der Waals surface area (Å²) in [5, 5.41) is -3.89. The standard InChI is InChI=1S/2C20H38O7S.C4H10O.3Na.3H/c2*1-5-9-11-16(7-3)14-26-19(21)13-18(28(23,24)25)20(22)27-15-17(8-4)12-10-6-2;1-3-5-4-2;;;;;;/h2*16-18H,5-15H2,1-4H3,(H,23,24,25);3-4H2,1-2H3;;;;;;. The maximum atomic E-state index is 12.2. The van der Waals surface area contributed by atoms with Crippen molar-refractivity contribution in [2.24, 2.45) is 23.7 Å². The van der Waals surface area contributed by atoms with E-state index in [-0.39, 0.29) is 139 Å². The SMILES string of the molecule is CCCCC(CC)COC(=O)CC(C(=O)OCC(CC)CCCC)S(=O)(=O)O.CCCCC(CC)COC(=O)CC(C(=O)OCC(CC)CCCC)S(=O)(=O)O.CCOCC.[NaH].[NaH].[NaH]. The van der Waals surface area contributed by atoms with Crippen LogP contribution in [0.25, 0.3) is 0 Å². The molecule has 0 saturated heterocycles. The van der Waals surface area contributed by atoms with Gasteiger partial charge in [0.2, 0.25) is 0 Å². The Balaban J connectivity index is -0.000000227. The molecule has 15 nitrogen and oxygen atoms in total. The van der Waals surface area contributed by atoms with Gasteiger partial charge in [-0.2, -0.15) is 16.8 Å². The summed E-state index contributed by atoms with van der Waals surface area (Å²) in [6.45, 7) is 22.4. The molecule has 370 valence electrons. The van der Waals surface area contributed by atoms with Gasteiger partial charge in [0.05, 0.1) is 39.3 Å². The normalized spacial score (nSPS) is 13.7. The van der Waals surface area contributed by atoms with Gasteiger partial charge in [-0.25, -0.2) is 0 Å². The Labute approximate surface area is 455 Å². The summed E-state index contributed by atoms with van der Waals surface area (Å²) in [4.78, 5) is 48.4. The summed E-state index contributed by atoms with van der Waals surface area (Å²) in [6, 6.07) is 0. The molecule has 0 saturated carbocycles. The van der Waals surface area contributed by atoms with Crippen molar-refractivity contribution in [3.63, 3.8) is 0 Å². The third-order valence-electron chi connectivity index (χ3n) is 10.4. The summed E-state index contributed by atoms with van der Waals surface area (Å²) in [6.07, 6.45) is 13.5. The summed E-state index contributed by atoms with van der Waals surface area (Å²) in [7, 11) is -9.53. The number of hydrogen-bond acceptors (Lipinski definition) is 13. The van der Waals surface area contributed by atoms with E-state index in [2.05, 4.69) is 27.7 Å². The Morgan fingerprint density at radius 3 is 0.828 bits per heavy atom. The Bertz CT molecular complexity index is 1260. The molecule has 6 atom stereocenters. The topological polar surface area (TPSA) is 223 Å².